The summed E-state index contributed by atoms with van der Waals surface area (Å²) in [6.45, 7) is 0. The molecule has 0 aliphatic carbocycles. The number of carbonyl (C=O) groups is 1. The van der Waals surface area contributed by atoms with Crippen molar-refractivity contribution in [2.45, 2.75) is 5.92 Å². The average molecular weight is 225 g/mol. The number of hydrogen-bond donors (Lipinski definition) is 1. The summed E-state index contributed by atoms with van der Waals surface area (Å²) in [6.07, 6.45) is 1.73. The van der Waals surface area contributed by atoms with E-state index in [9.17, 15) is 13.6 Å². The maximum atomic E-state index is 13.2. The smallest absolute Gasteiger partial charge is 0.379 e. The molecule has 0 saturated carbocycles. The highest BCUT2D eigenvalue weighted by atomic mass is 19.3. The molecule has 84 valence electrons. The minimum atomic E-state index is -3.85. The highest BCUT2D eigenvalue weighted by Gasteiger charge is 2.41. The van der Waals surface area contributed by atoms with Gasteiger partial charge in [-0.05, 0) is 17.5 Å². The van der Waals surface area contributed by atoms with Crippen LogP contribution in [-0.2, 0) is 17.8 Å². The number of carboxylic acid groups (broad SMARTS) is 1. The first-order valence-electron chi connectivity index (χ1n) is 4.59. The molecule has 1 aromatic heterocycles. The second kappa shape index (κ2) is 3.30. The summed E-state index contributed by atoms with van der Waals surface area (Å²) in [5.41, 5.74) is 0.0766. The average Bonchev–Trinajstić information content (AvgIpc) is 2.60. The van der Waals surface area contributed by atoms with Crippen LogP contribution in [0.3, 0.4) is 0 Å². The van der Waals surface area contributed by atoms with Gasteiger partial charge < -0.3 is 9.67 Å². The number of rotatable bonds is 2. The van der Waals surface area contributed by atoms with E-state index in [0.29, 0.717) is 5.52 Å². The van der Waals surface area contributed by atoms with E-state index in [1.807, 2.05) is 0 Å². The van der Waals surface area contributed by atoms with Crippen LogP contribution < -0.4 is 0 Å². The van der Waals surface area contributed by atoms with E-state index in [4.69, 9.17) is 5.11 Å². The molecular weight excluding hydrogens is 216 g/mol. The zero-order chi connectivity index (χ0) is 11.9. The second-order valence-electron chi connectivity index (χ2n) is 3.58. The Hall–Kier alpha value is -1.91. The molecule has 16 heavy (non-hydrogen) atoms. The molecule has 0 radical (unpaired) electrons. The van der Waals surface area contributed by atoms with Gasteiger partial charge in [0.2, 0.25) is 0 Å². The van der Waals surface area contributed by atoms with Crippen LogP contribution in [0.15, 0.2) is 30.5 Å². The normalized spacial score (nSPS) is 11.9. The maximum absolute atomic E-state index is 13.2. The van der Waals surface area contributed by atoms with Gasteiger partial charge in [0.1, 0.15) is 0 Å². The largest absolute Gasteiger partial charge is 0.477 e. The third-order valence-electron chi connectivity index (χ3n) is 2.52. The van der Waals surface area contributed by atoms with Crippen molar-refractivity contribution in [1.82, 2.24) is 4.57 Å². The fourth-order valence-electron chi connectivity index (χ4n) is 1.58. The zero-order valence-electron chi connectivity index (χ0n) is 8.45. The van der Waals surface area contributed by atoms with Crippen LogP contribution in [0.1, 0.15) is 5.56 Å². The molecule has 5 heteroatoms. The molecule has 1 aromatic carbocycles. The summed E-state index contributed by atoms with van der Waals surface area (Å²) in [5, 5.41) is 9.23. The Bertz CT molecular complexity index is 560. The molecule has 2 rings (SSSR count). The van der Waals surface area contributed by atoms with Crippen LogP contribution in [0.5, 0.6) is 0 Å². The molecule has 1 N–H and O–H groups in total. The third-order valence-corrected chi connectivity index (χ3v) is 2.52. The van der Waals surface area contributed by atoms with Crippen molar-refractivity contribution < 1.29 is 18.7 Å². The molecule has 0 unspecified atom stereocenters. The second-order valence-corrected chi connectivity index (χ2v) is 3.58. The van der Waals surface area contributed by atoms with Gasteiger partial charge in [-0.25, -0.2) is 4.79 Å². The van der Waals surface area contributed by atoms with E-state index in [-0.39, 0.29) is 0 Å². The third kappa shape index (κ3) is 1.44. The van der Waals surface area contributed by atoms with Gasteiger partial charge in [-0.3, -0.25) is 0 Å². The van der Waals surface area contributed by atoms with Crippen molar-refractivity contribution >= 4 is 16.9 Å². The first-order valence-corrected chi connectivity index (χ1v) is 4.59. The lowest BCUT2D eigenvalue weighted by Crippen LogP contribution is -2.25. The van der Waals surface area contributed by atoms with Crippen molar-refractivity contribution in [2.24, 2.45) is 7.05 Å². The zero-order valence-corrected chi connectivity index (χ0v) is 8.45. The van der Waals surface area contributed by atoms with E-state index >= 15 is 0 Å². The molecule has 0 saturated heterocycles. The first kappa shape index (κ1) is 10.6. The molecule has 0 bridgehead atoms. The SMILES string of the molecule is Cn1ccc2ccc(C(F)(F)C(=O)O)cc21. The number of carboxylic acids is 1. The van der Waals surface area contributed by atoms with Crippen molar-refractivity contribution in [1.29, 1.82) is 0 Å². The van der Waals surface area contributed by atoms with Crippen LogP contribution >= 0.6 is 0 Å². The van der Waals surface area contributed by atoms with E-state index < -0.39 is 17.5 Å². The van der Waals surface area contributed by atoms with Gasteiger partial charge in [0.25, 0.3) is 0 Å². The summed E-state index contributed by atoms with van der Waals surface area (Å²) in [6, 6.07) is 5.60. The molecule has 0 amide bonds. The molecule has 0 spiro atoms. The Morgan fingerprint density at radius 2 is 2.06 bits per heavy atom. The predicted octanol–water partition coefficient (Wildman–Crippen LogP) is 2.35. The number of nitrogens with zero attached hydrogens (tertiary/aromatic N) is 1. The molecule has 3 nitrogen and oxygen atoms in total. The van der Waals surface area contributed by atoms with Gasteiger partial charge in [-0.1, -0.05) is 12.1 Å². The number of benzene rings is 1. The fourth-order valence-corrected chi connectivity index (χ4v) is 1.58. The Labute approximate surface area is 89.9 Å². The summed E-state index contributed by atoms with van der Waals surface area (Å²) >= 11 is 0. The lowest BCUT2D eigenvalue weighted by Gasteiger charge is -2.11. The van der Waals surface area contributed by atoms with Gasteiger partial charge in [-0.2, -0.15) is 8.78 Å². The Balaban J connectivity index is 2.62. The van der Waals surface area contributed by atoms with Crippen LogP contribution in [0.4, 0.5) is 8.78 Å². The van der Waals surface area contributed by atoms with Gasteiger partial charge in [0.05, 0.1) is 0 Å². The number of aromatic nitrogens is 1. The molecule has 0 aliphatic heterocycles. The molecule has 0 fully saturated rings. The Kier molecular flexibility index (Phi) is 2.18. The summed E-state index contributed by atoms with van der Waals surface area (Å²) in [7, 11) is 1.71. The number of aryl methyl sites for hydroxylation is 1. The maximum Gasteiger partial charge on any atom is 0.379 e. The number of aliphatic carboxylic acids is 1. The van der Waals surface area contributed by atoms with Gasteiger partial charge >= 0.3 is 11.9 Å². The lowest BCUT2D eigenvalue weighted by atomic mass is 10.1. The monoisotopic (exact) mass is 225 g/mol. The predicted molar refractivity (Wildman–Crippen MR) is 54.4 cm³/mol. The number of alkyl halides is 2. The molecule has 1 heterocycles. The fraction of sp³-hybridized carbons (Fsp3) is 0.182. The van der Waals surface area contributed by atoms with Crippen molar-refractivity contribution in [3.05, 3.63) is 36.0 Å². The number of fused-ring (bicyclic) bond motifs is 1. The van der Waals surface area contributed by atoms with Gasteiger partial charge in [0, 0.05) is 24.3 Å². The lowest BCUT2D eigenvalue weighted by molar-refractivity contribution is -0.166. The summed E-state index contributed by atoms with van der Waals surface area (Å²) in [5.74, 6) is -5.99. The summed E-state index contributed by atoms with van der Waals surface area (Å²) < 4.78 is 28.1. The molecule has 2 aromatic rings. The quantitative estimate of drug-likeness (QED) is 0.852. The Morgan fingerprint density at radius 3 is 2.69 bits per heavy atom. The number of halogens is 2. The molecular formula is C11H9F2NO2. The Morgan fingerprint density at radius 1 is 1.38 bits per heavy atom. The topological polar surface area (TPSA) is 42.2 Å². The molecule has 0 atom stereocenters. The minimum Gasteiger partial charge on any atom is -0.477 e. The van der Waals surface area contributed by atoms with Crippen LogP contribution in [-0.4, -0.2) is 15.6 Å². The van der Waals surface area contributed by atoms with Crippen LogP contribution in [0, 0.1) is 0 Å². The van der Waals surface area contributed by atoms with Crippen LogP contribution in [0.2, 0.25) is 0 Å². The first-order chi connectivity index (χ1) is 7.43. The van der Waals surface area contributed by atoms with E-state index in [2.05, 4.69) is 0 Å². The highest BCUT2D eigenvalue weighted by molar-refractivity contribution is 5.84. The van der Waals surface area contributed by atoms with E-state index in [1.54, 1.807) is 23.9 Å². The van der Waals surface area contributed by atoms with E-state index in [0.717, 1.165) is 11.5 Å². The van der Waals surface area contributed by atoms with Crippen molar-refractivity contribution in [3.8, 4) is 0 Å². The summed E-state index contributed by atoms with van der Waals surface area (Å²) in [4.78, 5) is 10.4. The van der Waals surface area contributed by atoms with Crippen LogP contribution in [0.25, 0.3) is 10.9 Å². The van der Waals surface area contributed by atoms with Crippen molar-refractivity contribution in [3.63, 3.8) is 0 Å². The molecule has 0 aliphatic rings. The minimum absolute atomic E-state index is 0.505. The highest BCUT2D eigenvalue weighted by Crippen LogP contribution is 2.30. The van der Waals surface area contributed by atoms with Crippen molar-refractivity contribution in [2.75, 3.05) is 0 Å². The van der Waals surface area contributed by atoms with Gasteiger partial charge in [-0.15, -0.1) is 0 Å². The standard InChI is InChI=1S/C11H9F2NO2/c1-14-5-4-7-2-3-8(6-9(7)14)11(12,13)10(15)16/h2-6H,1H3,(H,15,16). The number of hydrogen-bond acceptors (Lipinski definition) is 1. The van der Waals surface area contributed by atoms with E-state index in [1.165, 1.54) is 12.1 Å². The van der Waals surface area contributed by atoms with Gasteiger partial charge in [0.15, 0.2) is 0 Å².